The van der Waals surface area contributed by atoms with E-state index < -0.39 is 0 Å². The first-order chi connectivity index (χ1) is 12.5. The molecule has 2 aromatic rings. The zero-order valence-electron chi connectivity index (χ0n) is 15.1. The number of ether oxygens (including phenoxy) is 1. The lowest BCUT2D eigenvalue weighted by Gasteiger charge is -2.36. The van der Waals surface area contributed by atoms with Gasteiger partial charge in [-0.2, -0.15) is 0 Å². The molecule has 2 saturated heterocycles. The number of fused-ring (bicyclic) bond motifs is 1. The molecular formula is C20H24N2O4. The fraction of sp³-hybridized carbons (Fsp3) is 0.500. The lowest BCUT2D eigenvalue weighted by Crippen LogP contribution is -2.60. The summed E-state index contributed by atoms with van der Waals surface area (Å²) >= 11 is 0. The molecule has 0 saturated carbocycles. The Morgan fingerprint density at radius 1 is 1.23 bits per heavy atom. The molecule has 1 unspecified atom stereocenters. The van der Waals surface area contributed by atoms with Gasteiger partial charge in [-0.1, -0.05) is 0 Å². The first-order valence-electron chi connectivity index (χ1n) is 9.23. The minimum absolute atomic E-state index is 0.0239. The van der Waals surface area contributed by atoms with Crippen molar-refractivity contribution in [3.05, 3.63) is 35.1 Å². The molecule has 1 aromatic carbocycles. The number of amides is 2. The molecule has 26 heavy (non-hydrogen) atoms. The predicted octanol–water partition coefficient (Wildman–Crippen LogP) is 2.61. The molecule has 3 atom stereocenters. The number of carbonyl (C=O) groups is 2. The van der Waals surface area contributed by atoms with E-state index in [1.807, 2.05) is 26.0 Å². The van der Waals surface area contributed by atoms with Gasteiger partial charge in [0, 0.05) is 18.4 Å². The highest BCUT2D eigenvalue weighted by Gasteiger charge is 2.37. The van der Waals surface area contributed by atoms with Crippen molar-refractivity contribution in [2.45, 2.75) is 57.7 Å². The predicted molar refractivity (Wildman–Crippen MR) is 97.1 cm³/mol. The Labute approximate surface area is 152 Å². The first-order valence-corrected chi connectivity index (χ1v) is 9.23. The summed E-state index contributed by atoms with van der Waals surface area (Å²) in [5.74, 6) is -0.146. The first kappa shape index (κ1) is 17.1. The van der Waals surface area contributed by atoms with Crippen LogP contribution < -0.4 is 10.6 Å². The van der Waals surface area contributed by atoms with Crippen molar-refractivity contribution in [2.24, 2.45) is 0 Å². The Balaban J connectivity index is 1.56. The molecule has 0 bridgehead atoms. The van der Waals surface area contributed by atoms with Crippen LogP contribution in [-0.4, -0.2) is 36.6 Å². The van der Waals surface area contributed by atoms with Gasteiger partial charge in [0.25, 0.3) is 5.91 Å². The van der Waals surface area contributed by atoms with Gasteiger partial charge >= 0.3 is 0 Å². The van der Waals surface area contributed by atoms with E-state index >= 15 is 0 Å². The minimum Gasteiger partial charge on any atom is -0.463 e. The summed E-state index contributed by atoms with van der Waals surface area (Å²) in [6.07, 6.45) is 4.42. The monoisotopic (exact) mass is 356 g/mol. The fourth-order valence-electron chi connectivity index (χ4n) is 3.93. The standard InChI is InChI=1S/C20H24N2O4/c1-11-8-13-14(10-26-17(13)9-12(11)2)20(24)21-15-5-6-18(23)22-19(15)16-4-3-7-25-16/h8-10,15-16,19H,3-7H2,1-2H3,(H,21,24)(H,22,23)/t15-,16?,19-/m0/s1. The molecule has 6 heteroatoms. The molecule has 0 aliphatic carbocycles. The number of piperidine rings is 1. The van der Waals surface area contributed by atoms with Crippen LogP contribution in [0.5, 0.6) is 0 Å². The van der Waals surface area contributed by atoms with Crippen molar-refractivity contribution in [1.29, 1.82) is 0 Å². The molecule has 2 N–H and O–H groups in total. The summed E-state index contributed by atoms with van der Waals surface area (Å²) < 4.78 is 11.3. The van der Waals surface area contributed by atoms with Crippen LogP contribution in [0.25, 0.3) is 11.0 Å². The molecule has 2 aliphatic rings. The van der Waals surface area contributed by atoms with Crippen LogP contribution >= 0.6 is 0 Å². The number of benzene rings is 1. The Bertz CT molecular complexity index is 851. The maximum absolute atomic E-state index is 12.9. The van der Waals surface area contributed by atoms with E-state index in [2.05, 4.69) is 10.6 Å². The Morgan fingerprint density at radius 3 is 2.81 bits per heavy atom. The number of hydrogen-bond acceptors (Lipinski definition) is 4. The molecule has 1 aromatic heterocycles. The highest BCUT2D eigenvalue weighted by Crippen LogP contribution is 2.26. The lowest BCUT2D eigenvalue weighted by atomic mass is 9.92. The van der Waals surface area contributed by atoms with Gasteiger partial charge in [-0.3, -0.25) is 9.59 Å². The van der Waals surface area contributed by atoms with Crippen LogP contribution in [0, 0.1) is 13.8 Å². The molecule has 0 spiro atoms. The van der Waals surface area contributed by atoms with E-state index in [-0.39, 0.29) is 30.0 Å². The molecule has 138 valence electrons. The van der Waals surface area contributed by atoms with Crippen LogP contribution in [0.2, 0.25) is 0 Å². The number of furan rings is 1. The third-order valence-corrected chi connectivity index (χ3v) is 5.56. The molecule has 3 heterocycles. The summed E-state index contributed by atoms with van der Waals surface area (Å²) in [5, 5.41) is 6.93. The van der Waals surface area contributed by atoms with Crippen LogP contribution in [0.15, 0.2) is 22.8 Å². The van der Waals surface area contributed by atoms with Crippen molar-refractivity contribution in [1.82, 2.24) is 10.6 Å². The average molecular weight is 356 g/mol. The number of hydrogen-bond donors (Lipinski definition) is 2. The molecule has 2 amide bonds. The van der Waals surface area contributed by atoms with Gasteiger partial charge < -0.3 is 19.8 Å². The normalized spacial score (nSPS) is 26.1. The van der Waals surface area contributed by atoms with Gasteiger partial charge in [-0.05, 0) is 56.4 Å². The Hall–Kier alpha value is -2.34. The summed E-state index contributed by atoms with van der Waals surface area (Å²) in [5.41, 5.74) is 3.50. The van der Waals surface area contributed by atoms with E-state index in [1.54, 1.807) is 0 Å². The second-order valence-electron chi connectivity index (χ2n) is 7.35. The Kier molecular flexibility index (Phi) is 4.44. The van der Waals surface area contributed by atoms with Crippen molar-refractivity contribution in [3.63, 3.8) is 0 Å². The maximum atomic E-state index is 12.9. The van der Waals surface area contributed by atoms with Crippen molar-refractivity contribution >= 4 is 22.8 Å². The van der Waals surface area contributed by atoms with E-state index in [0.29, 0.717) is 30.6 Å². The lowest BCUT2D eigenvalue weighted by molar-refractivity contribution is -0.125. The Morgan fingerprint density at radius 2 is 2.04 bits per heavy atom. The molecular weight excluding hydrogens is 332 g/mol. The van der Waals surface area contributed by atoms with E-state index in [4.69, 9.17) is 9.15 Å². The smallest absolute Gasteiger partial charge is 0.255 e. The second kappa shape index (κ2) is 6.76. The molecule has 4 rings (SSSR count). The van der Waals surface area contributed by atoms with Gasteiger partial charge in [-0.15, -0.1) is 0 Å². The SMILES string of the molecule is Cc1cc2occ(C(=O)N[C@H]3CCC(=O)N[C@@H]3C3CCCO3)c2cc1C. The molecule has 2 fully saturated rings. The number of aryl methyl sites for hydroxylation is 2. The zero-order chi connectivity index (χ0) is 18.3. The average Bonchev–Trinajstić information content (AvgIpc) is 3.27. The van der Waals surface area contributed by atoms with Crippen LogP contribution in [-0.2, 0) is 9.53 Å². The van der Waals surface area contributed by atoms with Crippen molar-refractivity contribution < 1.29 is 18.7 Å². The second-order valence-corrected chi connectivity index (χ2v) is 7.35. The van der Waals surface area contributed by atoms with Gasteiger partial charge in [0.2, 0.25) is 5.91 Å². The summed E-state index contributed by atoms with van der Waals surface area (Å²) in [4.78, 5) is 24.7. The zero-order valence-corrected chi connectivity index (χ0v) is 15.1. The number of nitrogens with one attached hydrogen (secondary N) is 2. The molecule has 2 aliphatic heterocycles. The van der Waals surface area contributed by atoms with Crippen LogP contribution in [0.4, 0.5) is 0 Å². The number of rotatable bonds is 3. The summed E-state index contributed by atoms with van der Waals surface area (Å²) in [6, 6.07) is 3.63. The summed E-state index contributed by atoms with van der Waals surface area (Å²) in [7, 11) is 0. The van der Waals surface area contributed by atoms with E-state index in [1.165, 1.54) is 6.26 Å². The van der Waals surface area contributed by atoms with Gasteiger partial charge in [-0.25, -0.2) is 0 Å². The van der Waals surface area contributed by atoms with E-state index in [0.717, 1.165) is 29.4 Å². The third-order valence-electron chi connectivity index (χ3n) is 5.56. The highest BCUT2D eigenvalue weighted by molar-refractivity contribution is 6.06. The van der Waals surface area contributed by atoms with Gasteiger partial charge in [0.1, 0.15) is 11.8 Å². The van der Waals surface area contributed by atoms with Gasteiger partial charge in [0.15, 0.2) is 0 Å². The quantitative estimate of drug-likeness (QED) is 0.886. The maximum Gasteiger partial charge on any atom is 0.255 e. The van der Waals surface area contributed by atoms with Crippen LogP contribution in [0.3, 0.4) is 0 Å². The third kappa shape index (κ3) is 3.09. The van der Waals surface area contributed by atoms with Crippen molar-refractivity contribution in [3.8, 4) is 0 Å². The van der Waals surface area contributed by atoms with E-state index in [9.17, 15) is 9.59 Å². The minimum atomic E-state index is -0.176. The fourth-order valence-corrected chi connectivity index (χ4v) is 3.93. The topological polar surface area (TPSA) is 80.6 Å². The number of carbonyl (C=O) groups excluding carboxylic acids is 2. The van der Waals surface area contributed by atoms with Gasteiger partial charge in [0.05, 0.1) is 23.8 Å². The largest absolute Gasteiger partial charge is 0.463 e. The highest BCUT2D eigenvalue weighted by atomic mass is 16.5. The molecule has 0 radical (unpaired) electrons. The summed E-state index contributed by atoms with van der Waals surface area (Å²) in [6.45, 7) is 4.75. The van der Waals surface area contributed by atoms with Crippen molar-refractivity contribution in [2.75, 3.05) is 6.61 Å². The molecule has 6 nitrogen and oxygen atoms in total. The van der Waals surface area contributed by atoms with Crippen LogP contribution in [0.1, 0.15) is 47.2 Å².